The maximum absolute atomic E-state index is 11.1. The van der Waals surface area contributed by atoms with E-state index in [0.29, 0.717) is 13.0 Å². The molecule has 0 aliphatic rings. The minimum atomic E-state index is -0.375. The summed E-state index contributed by atoms with van der Waals surface area (Å²) < 4.78 is 4.75. The number of amides is 1. The van der Waals surface area contributed by atoms with Crippen LogP contribution in [0.4, 0.5) is 4.79 Å². The zero-order valence-corrected chi connectivity index (χ0v) is 7.70. The Bertz CT molecular complexity index is 186. The Hall–Kier alpha value is -1.24. The lowest BCUT2D eigenvalue weighted by molar-refractivity contribution is 0.105. The summed E-state index contributed by atoms with van der Waals surface area (Å²) in [7, 11) is 1.62. The van der Waals surface area contributed by atoms with E-state index in [9.17, 15) is 4.79 Å². The van der Waals surface area contributed by atoms with Crippen LogP contribution in [0.2, 0.25) is 0 Å². The average Bonchev–Trinajstić information content (AvgIpc) is 2.04. The molecular weight excluding hydrogens is 156 g/mol. The third kappa shape index (κ3) is 3.24. The largest absolute Gasteiger partial charge is 0.450 e. The van der Waals surface area contributed by atoms with Gasteiger partial charge in [-0.1, -0.05) is 0 Å². The molecular formula is C8H14N2O2. The van der Waals surface area contributed by atoms with Gasteiger partial charge in [-0.05, 0) is 13.8 Å². The van der Waals surface area contributed by atoms with Gasteiger partial charge in [0.1, 0.15) is 0 Å². The second kappa shape index (κ2) is 5.42. The summed E-state index contributed by atoms with van der Waals surface area (Å²) in [5.74, 6) is 0. The van der Waals surface area contributed by atoms with Gasteiger partial charge in [0.15, 0.2) is 0 Å². The Balaban J connectivity index is 3.92. The van der Waals surface area contributed by atoms with Gasteiger partial charge in [0.05, 0.1) is 19.1 Å². The lowest BCUT2D eigenvalue weighted by Crippen LogP contribution is -2.35. The maximum Gasteiger partial charge on any atom is 0.409 e. The number of nitrogens with zero attached hydrogens (tertiary/aromatic N) is 2. The summed E-state index contributed by atoms with van der Waals surface area (Å²) >= 11 is 0. The predicted octanol–water partition coefficient (Wildman–Crippen LogP) is 1.38. The summed E-state index contributed by atoms with van der Waals surface area (Å²) in [6.45, 7) is 3.92. The number of hydrogen-bond donors (Lipinski definition) is 0. The van der Waals surface area contributed by atoms with Gasteiger partial charge in [0, 0.05) is 13.1 Å². The topological polar surface area (TPSA) is 53.3 Å². The van der Waals surface area contributed by atoms with Crippen LogP contribution in [-0.2, 0) is 4.74 Å². The highest BCUT2D eigenvalue weighted by molar-refractivity contribution is 5.67. The van der Waals surface area contributed by atoms with Crippen LogP contribution in [0.15, 0.2) is 0 Å². The molecule has 4 nitrogen and oxygen atoms in total. The SMILES string of the molecule is CCOC(=O)N(C)C(C)CC#N. The van der Waals surface area contributed by atoms with Crippen molar-refractivity contribution in [3.8, 4) is 6.07 Å². The van der Waals surface area contributed by atoms with Crippen molar-refractivity contribution in [1.82, 2.24) is 4.90 Å². The number of hydrogen-bond acceptors (Lipinski definition) is 3. The molecule has 0 aliphatic heterocycles. The van der Waals surface area contributed by atoms with E-state index in [0.717, 1.165) is 0 Å². The molecule has 0 saturated heterocycles. The van der Waals surface area contributed by atoms with E-state index in [1.807, 2.05) is 6.07 Å². The predicted molar refractivity (Wildman–Crippen MR) is 44.5 cm³/mol. The molecule has 0 fully saturated rings. The van der Waals surface area contributed by atoms with E-state index < -0.39 is 0 Å². The molecule has 0 saturated carbocycles. The zero-order chi connectivity index (χ0) is 9.56. The van der Waals surface area contributed by atoms with Crippen LogP contribution in [0.25, 0.3) is 0 Å². The molecule has 0 aliphatic carbocycles. The minimum absolute atomic E-state index is 0.0888. The number of carbonyl (C=O) groups excluding carboxylic acids is 1. The van der Waals surface area contributed by atoms with Crippen molar-refractivity contribution in [2.24, 2.45) is 0 Å². The smallest absolute Gasteiger partial charge is 0.409 e. The van der Waals surface area contributed by atoms with Gasteiger partial charge in [-0.15, -0.1) is 0 Å². The highest BCUT2D eigenvalue weighted by atomic mass is 16.6. The summed E-state index contributed by atoms with van der Waals surface area (Å²) in [4.78, 5) is 12.5. The molecule has 0 aromatic heterocycles. The first-order valence-corrected chi connectivity index (χ1v) is 3.90. The number of nitriles is 1. The standard InChI is InChI=1S/C8H14N2O2/c1-4-12-8(11)10(3)7(2)5-6-9/h7H,4-5H2,1-3H3. The van der Waals surface area contributed by atoms with E-state index in [2.05, 4.69) is 0 Å². The van der Waals surface area contributed by atoms with Crippen molar-refractivity contribution < 1.29 is 9.53 Å². The fourth-order valence-electron chi connectivity index (χ4n) is 0.674. The van der Waals surface area contributed by atoms with Crippen LogP contribution in [0.3, 0.4) is 0 Å². The minimum Gasteiger partial charge on any atom is -0.450 e. The Morgan fingerprint density at radius 3 is 2.75 bits per heavy atom. The van der Waals surface area contributed by atoms with Crippen molar-refractivity contribution in [2.45, 2.75) is 26.3 Å². The lowest BCUT2D eigenvalue weighted by atomic mass is 10.2. The number of carbonyl (C=O) groups is 1. The molecule has 0 N–H and O–H groups in total. The molecule has 1 amide bonds. The first kappa shape index (κ1) is 10.8. The number of rotatable bonds is 3. The van der Waals surface area contributed by atoms with Crippen LogP contribution in [0.1, 0.15) is 20.3 Å². The van der Waals surface area contributed by atoms with Crippen LogP contribution < -0.4 is 0 Å². The Kier molecular flexibility index (Phi) is 4.86. The fourth-order valence-corrected chi connectivity index (χ4v) is 0.674. The highest BCUT2D eigenvalue weighted by Gasteiger charge is 2.15. The van der Waals surface area contributed by atoms with E-state index in [4.69, 9.17) is 10.00 Å². The maximum atomic E-state index is 11.1. The quantitative estimate of drug-likeness (QED) is 0.642. The number of ether oxygens (including phenoxy) is 1. The van der Waals surface area contributed by atoms with E-state index in [1.54, 1.807) is 20.9 Å². The summed E-state index contributed by atoms with van der Waals surface area (Å²) in [5, 5.41) is 8.37. The van der Waals surface area contributed by atoms with Gasteiger partial charge >= 0.3 is 6.09 Å². The highest BCUT2D eigenvalue weighted by Crippen LogP contribution is 2.01. The monoisotopic (exact) mass is 170 g/mol. The molecule has 0 spiro atoms. The van der Waals surface area contributed by atoms with Crippen molar-refractivity contribution >= 4 is 6.09 Å². The van der Waals surface area contributed by atoms with Crippen LogP contribution >= 0.6 is 0 Å². The Morgan fingerprint density at radius 2 is 2.33 bits per heavy atom. The van der Waals surface area contributed by atoms with Gasteiger partial charge in [0.2, 0.25) is 0 Å². The van der Waals surface area contributed by atoms with Crippen molar-refractivity contribution in [3.05, 3.63) is 0 Å². The first-order valence-electron chi connectivity index (χ1n) is 3.90. The van der Waals surface area contributed by atoms with E-state index in [-0.39, 0.29) is 12.1 Å². The van der Waals surface area contributed by atoms with E-state index >= 15 is 0 Å². The fraction of sp³-hybridized carbons (Fsp3) is 0.750. The Morgan fingerprint density at radius 1 is 1.75 bits per heavy atom. The summed E-state index contributed by atoms with van der Waals surface area (Å²) in [6.07, 6.45) is -0.0461. The van der Waals surface area contributed by atoms with Gasteiger partial charge < -0.3 is 9.64 Å². The van der Waals surface area contributed by atoms with Gasteiger partial charge in [0.25, 0.3) is 0 Å². The molecule has 1 unspecified atom stereocenters. The third-order valence-corrected chi connectivity index (χ3v) is 1.60. The molecule has 0 radical (unpaired) electrons. The van der Waals surface area contributed by atoms with Crippen molar-refractivity contribution in [3.63, 3.8) is 0 Å². The summed E-state index contributed by atoms with van der Waals surface area (Å²) in [6, 6.07) is 1.91. The lowest BCUT2D eigenvalue weighted by Gasteiger charge is -2.21. The van der Waals surface area contributed by atoms with Gasteiger partial charge in [-0.2, -0.15) is 5.26 Å². The molecule has 4 heteroatoms. The molecule has 12 heavy (non-hydrogen) atoms. The Labute approximate surface area is 72.7 Å². The normalized spacial score (nSPS) is 11.5. The van der Waals surface area contributed by atoms with Gasteiger partial charge in [-0.3, -0.25) is 0 Å². The zero-order valence-electron chi connectivity index (χ0n) is 7.70. The average molecular weight is 170 g/mol. The third-order valence-electron chi connectivity index (χ3n) is 1.60. The van der Waals surface area contributed by atoms with Crippen LogP contribution in [0.5, 0.6) is 0 Å². The molecule has 0 aromatic rings. The van der Waals surface area contributed by atoms with Crippen molar-refractivity contribution in [2.75, 3.05) is 13.7 Å². The van der Waals surface area contributed by atoms with Crippen molar-refractivity contribution in [1.29, 1.82) is 5.26 Å². The molecule has 0 aromatic carbocycles. The molecule has 1 atom stereocenters. The molecule has 0 heterocycles. The first-order chi connectivity index (χ1) is 5.63. The van der Waals surface area contributed by atoms with Crippen LogP contribution in [0, 0.1) is 11.3 Å². The van der Waals surface area contributed by atoms with Crippen LogP contribution in [-0.4, -0.2) is 30.7 Å². The molecule has 68 valence electrons. The summed E-state index contributed by atoms with van der Waals surface area (Å²) in [5.41, 5.74) is 0. The second-order valence-electron chi connectivity index (χ2n) is 2.52. The van der Waals surface area contributed by atoms with Gasteiger partial charge in [-0.25, -0.2) is 4.79 Å². The molecule has 0 bridgehead atoms. The molecule has 0 rings (SSSR count). The second-order valence-corrected chi connectivity index (χ2v) is 2.52. The van der Waals surface area contributed by atoms with E-state index in [1.165, 1.54) is 4.90 Å².